The van der Waals surface area contributed by atoms with Crippen molar-refractivity contribution in [3.8, 4) is 5.75 Å². The van der Waals surface area contributed by atoms with Crippen LogP contribution in [0.15, 0.2) is 48.8 Å². The third kappa shape index (κ3) is 3.41. The molecule has 3 nitrogen and oxygen atoms in total. The topological polar surface area (TPSA) is 39.2 Å². The minimum Gasteiger partial charge on any atom is -0.489 e. The van der Waals surface area contributed by atoms with Gasteiger partial charge in [-0.1, -0.05) is 12.1 Å². The van der Waals surface area contributed by atoms with Crippen LogP contribution in [0.2, 0.25) is 0 Å². The van der Waals surface area contributed by atoms with E-state index in [1.807, 2.05) is 42.7 Å². The summed E-state index contributed by atoms with van der Waals surface area (Å²) in [6, 6.07) is 11.3. The Labute approximate surface area is 100 Å². The zero-order valence-corrected chi connectivity index (χ0v) is 9.30. The lowest BCUT2D eigenvalue weighted by Gasteiger charge is -2.06. The molecule has 0 spiro atoms. The molecule has 0 aliphatic carbocycles. The molecule has 0 N–H and O–H groups in total. The summed E-state index contributed by atoms with van der Waals surface area (Å²) in [4.78, 5) is 14.1. The normalized spacial score (nSPS) is 9.88. The van der Waals surface area contributed by atoms with Gasteiger partial charge in [0.05, 0.1) is 0 Å². The molecule has 2 rings (SSSR count). The fraction of sp³-hybridized carbons (Fsp3) is 0.143. The molecule has 1 heterocycles. The second-order valence-electron chi connectivity index (χ2n) is 3.61. The van der Waals surface area contributed by atoms with E-state index < -0.39 is 0 Å². The number of carbonyl (C=O) groups excluding carboxylic acids is 1. The standard InChI is InChI=1S/C14H12NO2/c16-10-7-12-1-3-14(4-2-12)17-11-13-5-8-15-9-6-13/h1-6,8-9H,7,11H2. The molecule has 2 aromatic rings. The van der Waals surface area contributed by atoms with Gasteiger partial charge >= 0.3 is 0 Å². The highest BCUT2D eigenvalue weighted by Crippen LogP contribution is 2.14. The Balaban J connectivity index is 1.93. The maximum atomic E-state index is 10.2. The van der Waals surface area contributed by atoms with Crippen LogP contribution >= 0.6 is 0 Å². The minimum atomic E-state index is 0.324. The predicted octanol–water partition coefficient (Wildman–Crippen LogP) is 2.31. The quantitative estimate of drug-likeness (QED) is 0.785. The Bertz CT molecular complexity index is 465. The van der Waals surface area contributed by atoms with E-state index in [1.54, 1.807) is 12.4 Å². The van der Waals surface area contributed by atoms with E-state index in [-0.39, 0.29) is 0 Å². The van der Waals surface area contributed by atoms with E-state index in [4.69, 9.17) is 4.74 Å². The molecule has 1 radical (unpaired) electrons. The average molecular weight is 226 g/mol. The molecular formula is C14H12NO2. The summed E-state index contributed by atoms with van der Waals surface area (Å²) in [7, 11) is 0. The van der Waals surface area contributed by atoms with Crippen LogP contribution in [-0.4, -0.2) is 11.3 Å². The maximum Gasteiger partial charge on any atom is 0.203 e. The highest BCUT2D eigenvalue weighted by Gasteiger charge is 1.96. The van der Waals surface area contributed by atoms with Crippen molar-refractivity contribution in [3.05, 3.63) is 59.9 Å². The summed E-state index contributed by atoms with van der Waals surface area (Å²) < 4.78 is 5.60. The van der Waals surface area contributed by atoms with E-state index in [2.05, 4.69) is 4.98 Å². The molecule has 0 amide bonds. The van der Waals surface area contributed by atoms with Crippen molar-refractivity contribution in [2.45, 2.75) is 13.0 Å². The van der Waals surface area contributed by atoms with Gasteiger partial charge in [-0.3, -0.25) is 9.78 Å². The van der Waals surface area contributed by atoms with Gasteiger partial charge in [0, 0.05) is 18.8 Å². The van der Waals surface area contributed by atoms with Crippen molar-refractivity contribution >= 4 is 6.29 Å². The average Bonchev–Trinajstić information content (AvgIpc) is 2.40. The van der Waals surface area contributed by atoms with Gasteiger partial charge < -0.3 is 4.74 Å². The summed E-state index contributed by atoms with van der Waals surface area (Å²) in [6.45, 7) is 0.516. The summed E-state index contributed by atoms with van der Waals surface area (Å²) >= 11 is 0. The number of rotatable bonds is 5. The molecule has 1 aromatic heterocycles. The number of nitrogens with zero attached hydrogens (tertiary/aromatic N) is 1. The highest BCUT2D eigenvalue weighted by atomic mass is 16.5. The summed E-state index contributed by atoms with van der Waals surface area (Å²) in [5.41, 5.74) is 2.02. The van der Waals surface area contributed by atoms with Crippen molar-refractivity contribution in [3.63, 3.8) is 0 Å². The van der Waals surface area contributed by atoms with Crippen molar-refractivity contribution in [2.75, 3.05) is 0 Å². The van der Waals surface area contributed by atoms with E-state index >= 15 is 0 Å². The Morgan fingerprint density at radius 1 is 1.00 bits per heavy atom. The summed E-state index contributed by atoms with van der Waals surface area (Å²) in [6.07, 6.45) is 5.66. The molecule has 1 aromatic carbocycles. The third-order valence-electron chi connectivity index (χ3n) is 2.35. The summed E-state index contributed by atoms with van der Waals surface area (Å²) in [5.74, 6) is 0.788. The minimum absolute atomic E-state index is 0.324. The summed E-state index contributed by atoms with van der Waals surface area (Å²) in [5, 5.41) is 0. The van der Waals surface area contributed by atoms with Crippen LogP contribution in [0.3, 0.4) is 0 Å². The number of benzene rings is 1. The van der Waals surface area contributed by atoms with Crippen LogP contribution < -0.4 is 4.74 Å². The Morgan fingerprint density at radius 2 is 1.71 bits per heavy atom. The molecule has 0 saturated carbocycles. The molecule has 0 bridgehead atoms. The number of aromatic nitrogens is 1. The van der Waals surface area contributed by atoms with Gasteiger partial charge in [-0.15, -0.1) is 0 Å². The molecule has 17 heavy (non-hydrogen) atoms. The molecular weight excluding hydrogens is 214 g/mol. The first-order valence-corrected chi connectivity index (χ1v) is 5.34. The molecule has 0 aliphatic rings. The molecule has 85 valence electrons. The van der Waals surface area contributed by atoms with Crippen LogP contribution in [0.1, 0.15) is 11.1 Å². The molecule has 0 saturated heterocycles. The molecule has 0 unspecified atom stereocenters. The molecule has 0 aliphatic heterocycles. The first-order chi connectivity index (χ1) is 8.38. The van der Waals surface area contributed by atoms with E-state index in [0.29, 0.717) is 13.0 Å². The van der Waals surface area contributed by atoms with Crippen molar-refractivity contribution < 1.29 is 9.53 Å². The Morgan fingerprint density at radius 3 is 2.35 bits per heavy atom. The van der Waals surface area contributed by atoms with Crippen molar-refractivity contribution in [1.29, 1.82) is 0 Å². The first-order valence-electron chi connectivity index (χ1n) is 5.34. The molecule has 0 atom stereocenters. The highest BCUT2D eigenvalue weighted by molar-refractivity contribution is 5.55. The maximum absolute atomic E-state index is 10.2. The SMILES string of the molecule is O=[C]Cc1ccc(OCc2ccncc2)cc1. The first kappa shape index (κ1) is 11.3. The van der Waals surface area contributed by atoms with Gasteiger partial charge in [-0.05, 0) is 35.4 Å². The number of pyridine rings is 1. The number of ether oxygens (including phenoxy) is 1. The van der Waals surface area contributed by atoms with Crippen LogP contribution in [0.25, 0.3) is 0 Å². The second-order valence-corrected chi connectivity index (χ2v) is 3.61. The van der Waals surface area contributed by atoms with Crippen LogP contribution in [-0.2, 0) is 17.8 Å². The van der Waals surface area contributed by atoms with Crippen molar-refractivity contribution in [1.82, 2.24) is 4.98 Å². The third-order valence-corrected chi connectivity index (χ3v) is 2.35. The van der Waals surface area contributed by atoms with E-state index in [1.165, 1.54) is 0 Å². The van der Waals surface area contributed by atoms with Crippen molar-refractivity contribution in [2.24, 2.45) is 0 Å². The van der Waals surface area contributed by atoms with Gasteiger partial charge in [0.1, 0.15) is 12.4 Å². The Hall–Kier alpha value is -2.16. The zero-order chi connectivity index (χ0) is 11.9. The molecule has 3 heteroatoms. The van der Waals surface area contributed by atoms with Gasteiger partial charge in [-0.2, -0.15) is 0 Å². The van der Waals surface area contributed by atoms with Gasteiger partial charge in [0.15, 0.2) is 0 Å². The monoisotopic (exact) mass is 226 g/mol. The lowest BCUT2D eigenvalue weighted by atomic mass is 10.2. The fourth-order valence-electron chi connectivity index (χ4n) is 1.43. The van der Waals surface area contributed by atoms with Crippen LogP contribution in [0.4, 0.5) is 0 Å². The zero-order valence-electron chi connectivity index (χ0n) is 9.30. The largest absolute Gasteiger partial charge is 0.489 e. The molecule has 0 fully saturated rings. The van der Waals surface area contributed by atoms with E-state index in [9.17, 15) is 4.79 Å². The Kier molecular flexibility index (Phi) is 3.86. The van der Waals surface area contributed by atoms with Gasteiger partial charge in [0.25, 0.3) is 0 Å². The van der Waals surface area contributed by atoms with Gasteiger partial charge in [-0.25, -0.2) is 0 Å². The fourth-order valence-corrected chi connectivity index (χ4v) is 1.43. The lowest BCUT2D eigenvalue weighted by Crippen LogP contribution is -1.95. The second kappa shape index (κ2) is 5.80. The van der Waals surface area contributed by atoms with Crippen LogP contribution in [0, 0.1) is 0 Å². The van der Waals surface area contributed by atoms with Crippen LogP contribution in [0.5, 0.6) is 5.75 Å². The van der Waals surface area contributed by atoms with Gasteiger partial charge in [0.2, 0.25) is 6.29 Å². The smallest absolute Gasteiger partial charge is 0.203 e. The predicted molar refractivity (Wildman–Crippen MR) is 64.4 cm³/mol. The lowest BCUT2D eigenvalue weighted by molar-refractivity contribution is 0.306. The van der Waals surface area contributed by atoms with E-state index in [0.717, 1.165) is 16.9 Å². The number of hydrogen-bond acceptors (Lipinski definition) is 3. The number of hydrogen-bond donors (Lipinski definition) is 0.